The van der Waals surface area contributed by atoms with Crippen LogP contribution in [0.15, 0.2) is 71.1 Å². The van der Waals surface area contributed by atoms with Crippen molar-refractivity contribution in [3.63, 3.8) is 0 Å². The Hall–Kier alpha value is -3.60. The third kappa shape index (κ3) is 4.06. The van der Waals surface area contributed by atoms with E-state index in [9.17, 15) is 4.79 Å². The van der Waals surface area contributed by atoms with Crippen molar-refractivity contribution in [2.75, 3.05) is 12.4 Å². The van der Waals surface area contributed by atoms with Crippen molar-refractivity contribution in [2.45, 2.75) is 26.2 Å². The maximum Gasteiger partial charge on any atom is 0.255 e. The Labute approximate surface area is 175 Å². The van der Waals surface area contributed by atoms with E-state index in [4.69, 9.17) is 9.15 Å². The van der Waals surface area contributed by atoms with E-state index in [1.807, 2.05) is 66.7 Å². The lowest BCUT2D eigenvalue weighted by atomic mass is 9.87. The van der Waals surface area contributed by atoms with E-state index in [0.29, 0.717) is 22.7 Å². The molecule has 1 aromatic heterocycles. The first kappa shape index (κ1) is 19.7. The van der Waals surface area contributed by atoms with Gasteiger partial charge in [0.05, 0.1) is 7.11 Å². The van der Waals surface area contributed by atoms with Crippen LogP contribution in [0.3, 0.4) is 0 Å². The molecule has 0 aliphatic heterocycles. The van der Waals surface area contributed by atoms with E-state index in [1.165, 1.54) is 5.56 Å². The van der Waals surface area contributed by atoms with E-state index in [-0.39, 0.29) is 11.3 Å². The fourth-order valence-electron chi connectivity index (χ4n) is 3.18. The first-order valence-corrected chi connectivity index (χ1v) is 9.80. The topological polar surface area (TPSA) is 64.4 Å². The summed E-state index contributed by atoms with van der Waals surface area (Å²) in [6.45, 7) is 6.45. The van der Waals surface area contributed by atoms with Gasteiger partial charge in [-0.25, -0.2) is 4.98 Å². The highest BCUT2D eigenvalue weighted by atomic mass is 16.5. The third-order valence-corrected chi connectivity index (χ3v) is 5.00. The zero-order chi connectivity index (χ0) is 21.3. The van der Waals surface area contributed by atoms with Gasteiger partial charge in [0, 0.05) is 22.9 Å². The first-order valence-electron chi connectivity index (χ1n) is 9.80. The number of aromatic nitrogens is 1. The van der Waals surface area contributed by atoms with Crippen molar-refractivity contribution in [2.24, 2.45) is 0 Å². The molecule has 152 valence electrons. The largest absolute Gasteiger partial charge is 0.497 e. The van der Waals surface area contributed by atoms with Crippen molar-refractivity contribution in [1.29, 1.82) is 0 Å². The minimum Gasteiger partial charge on any atom is -0.497 e. The molecule has 4 aromatic rings. The standard InChI is InChI=1S/C25H24N2O3/c1-25(2,3)18-9-5-16(6-10-18)23(28)26-19-11-7-17(8-12-19)24-27-21-15-20(29-4)13-14-22(21)30-24/h5-15H,1-4H3,(H,26,28). The number of ether oxygens (including phenoxy) is 1. The van der Waals surface area contributed by atoms with E-state index < -0.39 is 0 Å². The molecule has 0 radical (unpaired) electrons. The Kier molecular flexibility index (Phi) is 5.04. The summed E-state index contributed by atoms with van der Waals surface area (Å²) in [4.78, 5) is 17.1. The minimum atomic E-state index is -0.142. The van der Waals surface area contributed by atoms with Crippen molar-refractivity contribution >= 4 is 22.7 Å². The van der Waals surface area contributed by atoms with E-state index >= 15 is 0 Å². The molecule has 1 N–H and O–H groups in total. The number of nitrogens with zero attached hydrogens (tertiary/aromatic N) is 1. The molecule has 0 fully saturated rings. The lowest BCUT2D eigenvalue weighted by Crippen LogP contribution is -2.14. The summed E-state index contributed by atoms with van der Waals surface area (Å²) in [5.41, 5.74) is 4.85. The number of anilines is 1. The van der Waals surface area contributed by atoms with Crippen molar-refractivity contribution in [3.05, 3.63) is 77.9 Å². The number of fused-ring (bicyclic) bond motifs is 1. The highest BCUT2D eigenvalue weighted by Gasteiger charge is 2.15. The van der Waals surface area contributed by atoms with Crippen LogP contribution >= 0.6 is 0 Å². The van der Waals surface area contributed by atoms with Gasteiger partial charge in [0.15, 0.2) is 5.58 Å². The molecular weight excluding hydrogens is 376 g/mol. The Bertz CT molecular complexity index is 1180. The number of hydrogen-bond acceptors (Lipinski definition) is 4. The van der Waals surface area contributed by atoms with Gasteiger partial charge in [0.25, 0.3) is 5.91 Å². The van der Waals surface area contributed by atoms with E-state index in [1.54, 1.807) is 7.11 Å². The minimum absolute atomic E-state index is 0.0562. The van der Waals surface area contributed by atoms with Crippen LogP contribution in [0.25, 0.3) is 22.6 Å². The Morgan fingerprint density at radius 1 is 0.967 bits per heavy atom. The van der Waals surface area contributed by atoms with Crippen molar-refractivity contribution < 1.29 is 13.9 Å². The number of benzene rings is 3. The van der Waals surface area contributed by atoms with Gasteiger partial charge >= 0.3 is 0 Å². The number of hydrogen-bond donors (Lipinski definition) is 1. The number of rotatable bonds is 4. The number of carbonyl (C=O) groups is 1. The Balaban J connectivity index is 1.49. The summed E-state index contributed by atoms with van der Waals surface area (Å²) in [7, 11) is 1.62. The van der Waals surface area contributed by atoms with E-state index in [0.717, 1.165) is 16.8 Å². The monoisotopic (exact) mass is 400 g/mol. The molecule has 0 aliphatic carbocycles. The maximum absolute atomic E-state index is 12.6. The summed E-state index contributed by atoms with van der Waals surface area (Å²) in [5.74, 6) is 1.11. The molecule has 3 aromatic carbocycles. The van der Waals surface area contributed by atoms with Crippen LogP contribution in [0.5, 0.6) is 5.75 Å². The molecule has 1 heterocycles. The lowest BCUT2D eigenvalue weighted by Gasteiger charge is -2.19. The van der Waals surface area contributed by atoms with Crippen LogP contribution in [0, 0.1) is 0 Å². The molecule has 0 saturated carbocycles. The summed E-state index contributed by atoms with van der Waals surface area (Å²) < 4.78 is 11.1. The number of nitrogens with one attached hydrogen (secondary N) is 1. The zero-order valence-electron chi connectivity index (χ0n) is 17.5. The van der Waals surface area contributed by atoms with Gasteiger partial charge in [-0.05, 0) is 59.5 Å². The van der Waals surface area contributed by atoms with Gasteiger partial charge in [-0.15, -0.1) is 0 Å². The van der Waals surface area contributed by atoms with Crippen LogP contribution in [-0.2, 0) is 5.41 Å². The van der Waals surface area contributed by atoms with E-state index in [2.05, 4.69) is 31.1 Å². The number of carbonyl (C=O) groups excluding carboxylic acids is 1. The number of methoxy groups -OCH3 is 1. The van der Waals surface area contributed by atoms with Gasteiger partial charge in [-0.1, -0.05) is 32.9 Å². The SMILES string of the molecule is COc1ccc2oc(-c3ccc(NC(=O)c4ccc(C(C)(C)C)cc4)cc3)nc2c1. The van der Waals surface area contributed by atoms with Crippen LogP contribution < -0.4 is 10.1 Å². The van der Waals surface area contributed by atoms with Crippen LogP contribution in [0.1, 0.15) is 36.7 Å². The number of oxazole rings is 1. The predicted molar refractivity (Wildman–Crippen MR) is 119 cm³/mol. The second kappa shape index (κ2) is 7.67. The van der Waals surface area contributed by atoms with Gasteiger partial charge < -0.3 is 14.5 Å². The molecular formula is C25H24N2O3. The molecule has 0 spiro atoms. The van der Waals surface area contributed by atoms with Crippen molar-refractivity contribution in [1.82, 2.24) is 4.98 Å². The zero-order valence-corrected chi connectivity index (χ0v) is 17.5. The fourth-order valence-corrected chi connectivity index (χ4v) is 3.18. The van der Waals surface area contributed by atoms with Crippen molar-refractivity contribution in [3.8, 4) is 17.2 Å². The molecule has 5 nitrogen and oxygen atoms in total. The van der Waals surface area contributed by atoms with Gasteiger partial charge in [0.1, 0.15) is 11.3 Å². The smallest absolute Gasteiger partial charge is 0.255 e. The normalized spacial score (nSPS) is 11.5. The van der Waals surface area contributed by atoms with Gasteiger partial charge in [-0.2, -0.15) is 0 Å². The quantitative estimate of drug-likeness (QED) is 0.453. The summed E-state index contributed by atoms with van der Waals surface area (Å²) in [6.07, 6.45) is 0. The Morgan fingerprint density at radius 2 is 1.67 bits per heavy atom. The molecule has 0 bridgehead atoms. The second-order valence-electron chi connectivity index (χ2n) is 8.21. The maximum atomic E-state index is 12.6. The molecule has 1 amide bonds. The molecule has 0 unspecified atom stereocenters. The molecule has 5 heteroatoms. The highest BCUT2D eigenvalue weighted by molar-refractivity contribution is 6.04. The Morgan fingerprint density at radius 3 is 2.30 bits per heavy atom. The summed E-state index contributed by atoms with van der Waals surface area (Å²) >= 11 is 0. The highest BCUT2D eigenvalue weighted by Crippen LogP contribution is 2.28. The van der Waals surface area contributed by atoms with Gasteiger partial charge in [-0.3, -0.25) is 4.79 Å². The second-order valence-corrected chi connectivity index (χ2v) is 8.21. The lowest BCUT2D eigenvalue weighted by molar-refractivity contribution is 0.102. The number of amides is 1. The van der Waals surface area contributed by atoms with Crippen LogP contribution in [-0.4, -0.2) is 18.0 Å². The first-order chi connectivity index (χ1) is 14.3. The van der Waals surface area contributed by atoms with Crippen LogP contribution in [0.2, 0.25) is 0 Å². The summed E-state index contributed by atoms with van der Waals surface area (Å²) in [5, 5.41) is 2.93. The molecule has 30 heavy (non-hydrogen) atoms. The molecule has 4 rings (SSSR count). The average molecular weight is 400 g/mol. The molecule has 0 atom stereocenters. The average Bonchev–Trinajstić information content (AvgIpc) is 3.17. The predicted octanol–water partition coefficient (Wildman–Crippen LogP) is 6.05. The molecule has 0 saturated heterocycles. The fraction of sp³-hybridized carbons (Fsp3) is 0.200. The molecule has 0 aliphatic rings. The van der Waals surface area contributed by atoms with Gasteiger partial charge in [0.2, 0.25) is 5.89 Å². The third-order valence-electron chi connectivity index (χ3n) is 5.00. The summed E-state index contributed by atoms with van der Waals surface area (Å²) in [6, 6.07) is 20.7. The van der Waals surface area contributed by atoms with Crippen LogP contribution in [0.4, 0.5) is 5.69 Å².